The number of rotatable bonds is 3. The summed E-state index contributed by atoms with van der Waals surface area (Å²) in [7, 11) is 0. The maximum absolute atomic E-state index is 12.5. The SMILES string of the molecule is Cc1nc(C)c(C(=O)N2CCCCC2CCO)s1. The average Bonchev–Trinajstić information content (AvgIpc) is 2.69. The van der Waals surface area contributed by atoms with Crippen LogP contribution in [0.15, 0.2) is 0 Å². The quantitative estimate of drug-likeness (QED) is 0.913. The van der Waals surface area contributed by atoms with Crippen LogP contribution < -0.4 is 0 Å². The summed E-state index contributed by atoms with van der Waals surface area (Å²) in [6.45, 7) is 4.77. The number of amides is 1. The molecule has 0 radical (unpaired) electrons. The van der Waals surface area contributed by atoms with Crippen molar-refractivity contribution in [3.8, 4) is 0 Å². The van der Waals surface area contributed by atoms with Crippen LogP contribution in [-0.2, 0) is 0 Å². The Morgan fingerprint density at radius 2 is 2.28 bits per heavy atom. The number of likely N-dealkylation sites (tertiary alicyclic amines) is 1. The fraction of sp³-hybridized carbons (Fsp3) is 0.692. The van der Waals surface area contributed by atoms with Gasteiger partial charge in [0.05, 0.1) is 10.7 Å². The van der Waals surface area contributed by atoms with Gasteiger partial charge in [-0.2, -0.15) is 0 Å². The zero-order chi connectivity index (χ0) is 13.1. The summed E-state index contributed by atoms with van der Waals surface area (Å²) >= 11 is 1.47. The van der Waals surface area contributed by atoms with E-state index in [1.807, 2.05) is 18.7 Å². The van der Waals surface area contributed by atoms with Gasteiger partial charge in [0, 0.05) is 19.2 Å². The Morgan fingerprint density at radius 1 is 1.50 bits per heavy atom. The van der Waals surface area contributed by atoms with Gasteiger partial charge in [-0.05, 0) is 39.5 Å². The molecule has 4 nitrogen and oxygen atoms in total. The number of aryl methyl sites for hydroxylation is 2. The third-order valence-electron chi connectivity index (χ3n) is 3.45. The third kappa shape index (κ3) is 2.72. The van der Waals surface area contributed by atoms with E-state index in [1.54, 1.807) is 0 Å². The van der Waals surface area contributed by atoms with E-state index < -0.39 is 0 Å². The molecule has 1 aromatic heterocycles. The third-order valence-corrected chi connectivity index (χ3v) is 4.51. The van der Waals surface area contributed by atoms with Gasteiger partial charge in [-0.25, -0.2) is 4.98 Å². The normalized spacial score (nSPS) is 20.2. The molecule has 1 aliphatic heterocycles. The number of carbonyl (C=O) groups excluding carboxylic acids is 1. The van der Waals surface area contributed by atoms with Crippen LogP contribution in [0.3, 0.4) is 0 Å². The van der Waals surface area contributed by atoms with Gasteiger partial charge < -0.3 is 10.0 Å². The summed E-state index contributed by atoms with van der Waals surface area (Å²) in [5, 5.41) is 10.0. The lowest BCUT2D eigenvalue weighted by molar-refractivity contribution is 0.0578. The standard InChI is InChI=1S/C13H20N2O2S/c1-9-12(18-10(2)14-9)13(17)15-7-4-3-5-11(15)6-8-16/h11,16H,3-8H2,1-2H3. The molecule has 5 heteroatoms. The van der Waals surface area contributed by atoms with E-state index in [-0.39, 0.29) is 18.6 Å². The lowest BCUT2D eigenvalue weighted by Crippen LogP contribution is -2.44. The zero-order valence-corrected chi connectivity index (χ0v) is 11.8. The molecule has 0 aliphatic carbocycles. The molecule has 0 spiro atoms. The molecule has 1 atom stereocenters. The Kier molecular flexibility index (Phi) is 4.35. The minimum atomic E-state index is 0.0938. The largest absolute Gasteiger partial charge is 0.396 e. The molecule has 0 bridgehead atoms. The summed E-state index contributed by atoms with van der Waals surface area (Å²) < 4.78 is 0. The Labute approximate surface area is 112 Å². The minimum absolute atomic E-state index is 0.0938. The summed E-state index contributed by atoms with van der Waals surface area (Å²) in [5.74, 6) is 0.0938. The number of nitrogens with zero attached hydrogens (tertiary/aromatic N) is 2. The average molecular weight is 268 g/mol. The molecule has 1 fully saturated rings. The first kappa shape index (κ1) is 13.5. The summed E-state index contributed by atoms with van der Waals surface area (Å²) in [4.78, 5) is 19.5. The Balaban J connectivity index is 2.18. The van der Waals surface area contributed by atoms with Crippen molar-refractivity contribution in [2.45, 2.75) is 45.6 Å². The van der Waals surface area contributed by atoms with E-state index in [0.717, 1.165) is 41.4 Å². The highest BCUT2D eigenvalue weighted by atomic mass is 32.1. The number of aliphatic hydroxyl groups excluding tert-OH is 1. The number of hydrogen-bond acceptors (Lipinski definition) is 4. The lowest BCUT2D eigenvalue weighted by Gasteiger charge is -2.35. The van der Waals surface area contributed by atoms with Crippen LogP contribution >= 0.6 is 11.3 Å². The van der Waals surface area contributed by atoms with Crippen molar-refractivity contribution in [2.24, 2.45) is 0 Å². The van der Waals surface area contributed by atoms with E-state index in [2.05, 4.69) is 4.98 Å². The number of piperidine rings is 1. The Hall–Kier alpha value is -0.940. The van der Waals surface area contributed by atoms with Crippen molar-refractivity contribution in [1.82, 2.24) is 9.88 Å². The first-order valence-corrected chi connectivity index (χ1v) is 7.31. The van der Waals surface area contributed by atoms with Crippen LogP contribution in [0.25, 0.3) is 0 Å². The molecule has 1 unspecified atom stereocenters. The molecule has 18 heavy (non-hydrogen) atoms. The van der Waals surface area contributed by atoms with E-state index >= 15 is 0 Å². The molecule has 0 aromatic carbocycles. The fourth-order valence-corrected chi connectivity index (χ4v) is 3.45. The van der Waals surface area contributed by atoms with Gasteiger partial charge in [-0.1, -0.05) is 0 Å². The molecule has 1 amide bonds. The van der Waals surface area contributed by atoms with Crippen molar-refractivity contribution < 1.29 is 9.90 Å². The Morgan fingerprint density at radius 3 is 2.89 bits per heavy atom. The second kappa shape index (κ2) is 5.80. The van der Waals surface area contributed by atoms with Crippen LogP contribution in [-0.4, -0.2) is 40.1 Å². The summed E-state index contributed by atoms with van der Waals surface area (Å²) in [5.41, 5.74) is 0.829. The van der Waals surface area contributed by atoms with E-state index in [1.165, 1.54) is 11.3 Å². The van der Waals surface area contributed by atoms with E-state index in [4.69, 9.17) is 5.11 Å². The van der Waals surface area contributed by atoms with Crippen molar-refractivity contribution in [3.63, 3.8) is 0 Å². The van der Waals surface area contributed by atoms with Crippen molar-refractivity contribution >= 4 is 17.2 Å². The van der Waals surface area contributed by atoms with E-state index in [9.17, 15) is 4.79 Å². The van der Waals surface area contributed by atoms with E-state index in [0.29, 0.717) is 6.42 Å². The van der Waals surface area contributed by atoms with Gasteiger partial charge in [-0.3, -0.25) is 4.79 Å². The van der Waals surface area contributed by atoms with Crippen LogP contribution in [0.1, 0.15) is 46.1 Å². The summed E-state index contributed by atoms with van der Waals surface area (Å²) in [6, 6.07) is 0.193. The smallest absolute Gasteiger partial charge is 0.266 e. The maximum atomic E-state index is 12.5. The molecule has 1 N–H and O–H groups in total. The topological polar surface area (TPSA) is 53.4 Å². The van der Waals surface area contributed by atoms with Crippen LogP contribution in [0.4, 0.5) is 0 Å². The van der Waals surface area contributed by atoms with Crippen LogP contribution in [0, 0.1) is 13.8 Å². The highest BCUT2D eigenvalue weighted by molar-refractivity contribution is 7.13. The highest BCUT2D eigenvalue weighted by Crippen LogP contribution is 2.25. The number of aliphatic hydroxyl groups is 1. The van der Waals surface area contributed by atoms with Gasteiger partial charge in [0.15, 0.2) is 0 Å². The highest BCUT2D eigenvalue weighted by Gasteiger charge is 2.29. The van der Waals surface area contributed by atoms with Crippen LogP contribution in [0.2, 0.25) is 0 Å². The molecule has 100 valence electrons. The van der Waals surface area contributed by atoms with Crippen molar-refractivity contribution in [2.75, 3.05) is 13.2 Å². The first-order valence-electron chi connectivity index (χ1n) is 6.49. The molecule has 0 saturated carbocycles. The number of hydrogen-bond donors (Lipinski definition) is 1. The molecule has 1 aliphatic rings. The Bertz CT molecular complexity index is 429. The summed E-state index contributed by atoms with van der Waals surface area (Å²) in [6.07, 6.45) is 3.89. The first-order chi connectivity index (χ1) is 8.63. The van der Waals surface area contributed by atoms with Gasteiger partial charge in [0.2, 0.25) is 0 Å². The molecular formula is C13H20N2O2S. The monoisotopic (exact) mass is 268 g/mol. The zero-order valence-electron chi connectivity index (χ0n) is 11.0. The second-order valence-corrected chi connectivity index (χ2v) is 6.01. The van der Waals surface area contributed by atoms with Crippen LogP contribution in [0.5, 0.6) is 0 Å². The molecule has 1 aromatic rings. The predicted molar refractivity (Wildman–Crippen MR) is 72.0 cm³/mol. The molecule has 2 rings (SSSR count). The molecular weight excluding hydrogens is 248 g/mol. The lowest BCUT2D eigenvalue weighted by atomic mass is 9.99. The second-order valence-electron chi connectivity index (χ2n) is 4.81. The predicted octanol–water partition coefficient (Wildman–Crippen LogP) is 2.14. The number of aromatic nitrogens is 1. The molecule has 1 saturated heterocycles. The fourth-order valence-electron chi connectivity index (χ4n) is 2.58. The van der Waals surface area contributed by atoms with Gasteiger partial charge in [0.1, 0.15) is 4.88 Å². The van der Waals surface area contributed by atoms with Crippen molar-refractivity contribution in [1.29, 1.82) is 0 Å². The molecule has 2 heterocycles. The maximum Gasteiger partial charge on any atom is 0.266 e. The number of carbonyl (C=O) groups is 1. The van der Waals surface area contributed by atoms with Crippen molar-refractivity contribution in [3.05, 3.63) is 15.6 Å². The van der Waals surface area contributed by atoms with Gasteiger partial charge in [-0.15, -0.1) is 11.3 Å². The number of thiazole rings is 1. The minimum Gasteiger partial charge on any atom is -0.396 e. The van der Waals surface area contributed by atoms with Gasteiger partial charge in [0.25, 0.3) is 5.91 Å². The van der Waals surface area contributed by atoms with Gasteiger partial charge >= 0.3 is 0 Å².